The summed E-state index contributed by atoms with van der Waals surface area (Å²) in [6, 6.07) is 65.0. The predicted octanol–water partition coefficient (Wildman–Crippen LogP) is 8.04. The van der Waals surface area contributed by atoms with Gasteiger partial charge in [0.25, 0.3) is 0 Å². The average molecular weight is 881 g/mol. The summed E-state index contributed by atoms with van der Waals surface area (Å²) in [5.41, 5.74) is 0. The molecule has 0 bridgehead atoms. The molecule has 208 valence electrons. The zero-order valence-corrected chi connectivity index (χ0v) is 29.8. The number of hydrogen-bond donors (Lipinski definition) is 0. The maximum atomic E-state index is 3.17. The van der Waals surface area contributed by atoms with Crippen molar-refractivity contribution in [2.24, 2.45) is 0 Å². The molecule has 0 heterocycles. The molecule has 0 saturated heterocycles. The largest absolute Gasteiger partial charge is 0.102 e. The van der Waals surface area contributed by atoms with Crippen LogP contribution in [0.1, 0.15) is 0 Å². The van der Waals surface area contributed by atoms with E-state index in [-0.39, 0.29) is 14.5 Å². The van der Waals surface area contributed by atoms with Crippen molar-refractivity contribution >= 4 is 74.3 Å². The van der Waals surface area contributed by atoms with Crippen LogP contribution >= 0.6 is 42.4 Å². The molecule has 0 amide bonds. The zero-order chi connectivity index (χ0) is 28.5. The normalized spacial score (nSPS) is 10.3. The standard InChI is InChI=1S/2C18H15P.2BrH.Pt/c2*1-4-10-16(11-5-1)19(17-12-6-2-7-13-17)18-14-8-3-9-15-18;;;/h2*1-15H;2*1H;/q;;;;+2. The number of halogens is 2. The minimum absolute atomic E-state index is 0.208. The van der Waals surface area contributed by atoms with Gasteiger partial charge in [-0.25, -0.2) is 0 Å². The van der Waals surface area contributed by atoms with Gasteiger partial charge in [-0.05, 0) is 72.8 Å². The predicted molar refractivity (Wildman–Crippen MR) is 191 cm³/mol. The first-order valence-corrected chi connectivity index (χ1v) is 26.1. The Morgan fingerprint density at radius 1 is 0.268 bits per heavy atom. The Hall–Kier alpha value is -2.17. The first-order valence-electron chi connectivity index (χ1n) is 13.2. The number of benzene rings is 6. The van der Waals surface area contributed by atoms with Gasteiger partial charge in [-0.15, -0.1) is 0 Å². The van der Waals surface area contributed by atoms with Crippen molar-refractivity contribution in [3.8, 4) is 0 Å². The molecule has 0 aliphatic heterocycles. The van der Waals surface area contributed by atoms with Gasteiger partial charge in [-0.3, -0.25) is 0 Å². The molecule has 0 N–H and O–H groups in total. The van der Waals surface area contributed by atoms with Gasteiger partial charge in [0.2, 0.25) is 0 Å². The molecule has 6 rings (SSSR count). The van der Waals surface area contributed by atoms with E-state index in [1.54, 1.807) is 0 Å². The first kappa shape index (κ1) is 31.8. The molecule has 0 fully saturated rings. The van der Waals surface area contributed by atoms with E-state index < -0.39 is 15.8 Å². The van der Waals surface area contributed by atoms with Crippen LogP contribution in [0.2, 0.25) is 0 Å². The van der Waals surface area contributed by atoms with Crippen molar-refractivity contribution < 1.29 is 14.5 Å². The molecule has 0 radical (unpaired) electrons. The van der Waals surface area contributed by atoms with Crippen LogP contribution in [0, 0.1) is 0 Å². The average Bonchev–Trinajstić information content (AvgIpc) is 3.05. The monoisotopic (exact) mass is 879 g/mol. The molecule has 0 nitrogen and oxygen atoms in total. The third kappa shape index (κ3) is 9.96. The molecule has 0 aliphatic carbocycles. The maximum absolute atomic E-state index is 3.17. The van der Waals surface area contributed by atoms with Gasteiger partial charge in [0.05, 0.1) is 15.8 Å². The van der Waals surface area contributed by atoms with E-state index in [4.69, 9.17) is 0 Å². The molecule has 0 unspecified atom stereocenters. The first-order chi connectivity index (χ1) is 20.3. The summed E-state index contributed by atoms with van der Waals surface area (Å²) in [6.45, 7) is 0. The Morgan fingerprint density at radius 2 is 0.390 bits per heavy atom. The molecule has 0 saturated carbocycles. The van der Waals surface area contributed by atoms with Gasteiger partial charge in [-0.2, -0.15) is 0 Å². The second-order valence-corrected chi connectivity index (χ2v) is 23.9. The van der Waals surface area contributed by atoms with Crippen molar-refractivity contribution in [3.63, 3.8) is 0 Å². The molecular weight excluding hydrogens is 849 g/mol. The molecule has 6 aromatic carbocycles. The van der Waals surface area contributed by atoms with Gasteiger partial charge in [-0.1, -0.05) is 109 Å². The number of hydrogen-bond acceptors (Lipinski definition) is 0. The van der Waals surface area contributed by atoms with Crippen LogP contribution in [0.5, 0.6) is 0 Å². The fourth-order valence-electron chi connectivity index (χ4n) is 4.63. The van der Waals surface area contributed by atoms with Crippen LogP contribution in [0.3, 0.4) is 0 Å². The molecule has 6 aromatic rings. The summed E-state index contributed by atoms with van der Waals surface area (Å²) in [5, 5.41) is 8.61. The topological polar surface area (TPSA) is 0 Å². The van der Waals surface area contributed by atoms with Gasteiger partial charge >= 0.3 is 41.0 Å². The maximum Gasteiger partial charge on any atom is 0.102 e. The van der Waals surface area contributed by atoms with E-state index in [0.29, 0.717) is 0 Å². The van der Waals surface area contributed by atoms with E-state index >= 15 is 0 Å². The third-order valence-electron chi connectivity index (χ3n) is 6.37. The zero-order valence-electron chi connectivity index (χ0n) is 22.4. The van der Waals surface area contributed by atoms with Gasteiger partial charge in [0.15, 0.2) is 0 Å². The molecule has 41 heavy (non-hydrogen) atoms. The molecule has 0 atom stereocenters. The van der Waals surface area contributed by atoms with Crippen LogP contribution in [0.25, 0.3) is 0 Å². The summed E-state index contributed by atoms with van der Waals surface area (Å²) >= 11 is 6.56. The van der Waals surface area contributed by atoms with E-state index in [2.05, 4.69) is 209 Å². The smallest absolute Gasteiger partial charge is 0.0620 e. The minimum atomic E-state index is -0.877. The number of rotatable bonds is 6. The van der Waals surface area contributed by atoms with E-state index in [1.165, 1.54) is 31.8 Å². The fraction of sp³-hybridized carbons (Fsp3) is 0. The summed E-state index contributed by atoms with van der Waals surface area (Å²) < 4.78 is 0. The van der Waals surface area contributed by atoms with Crippen LogP contribution in [0.4, 0.5) is 0 Å². The van der Waals surface area contributed by atoms with Crippen LogP contribution in [-0.2, 0) is 14.5 Å². The van der Waals surface area contributed by atoms with Crippen molar-refractivity contribution in [1.29, 1.82) is 0 Å². The van der Waals surface area contributed by atoms with Crippen molar-refractivity contribution in [1.82, 2.24) is 0 Å². The van der Waals surface area contributed by atoms with Crippen LogP contribution in [-0.4, -0.2) is 0 Å². The minimum Gasteiger partial charge on any atom is -0.0620 e. The molecule has 0 aromatic heterocycles. The van der Waals surface area contributed by atoms with E-state index in [0.717, 1.165) is 0 Å². The van der Waals surface area contributed by atoms with E-state index in [1.807, 2.05) is 0 Å². The Labute approximate surface area is 268 Å². The van der Waals surface area contributed by atoms with E-state index in [9.17, 15) is 0 Å². The Morgan fingerprint density at radius 3 is 0.512 bits per heavy atom. The summed E-state index contributed by atoms with van der Waals surface area (Å²) in [6.07, 6.45) is 0. The Balaban J connectivity index is 0.000000173. The second-order valence-electron chi connectivity index (χ2n) is 8.99. The Bertz CT molecular complexity index is 1200. The Kier molecular flexibility index (Phi) is 14.2. The molecule has 0 spiro atoms. The van der Waals surface area contributed by atoms with Crippen molar-refractivity contribution in [2.45, 2.75) is 0 Å². The summed E-state index contributed by atoms with van der Waals surface area (Å²) in [5.74, 6) is 0. The fourth-order valence-corrected chi connectivity index (χ4v) is 9.78. The van der Waals surface area contributed by atoms with Gasteiger partial charge in [0.1, 0.15) is 31.8 Å². The second kappa shape index (κ2) is 18.4. The molecular formula is C36H32Br2P2Pt+2. The molecule has 0 aliphatic rings. The third-order valence-corrected chi connectivity index (χ3v) is 11.8. The van der Waals surface area contributed by atoms with Crippen LogP contribution in [0.15, 0.2) is 182 Å². The van der Waals surface area contributed by atoms with Gasteiger partial charge in [0, 0.05) is 0 Å². The molecule has 5 heteroatoms. The summed E-state index contributed by atoms with van der Waals surface area (Å²) in [7, 11) is -1.75. The van der Waals surface area contributed by atoms with Crippen molar-refractivity contribution in [2.75, 3.05) is 0 Å². The quantitative estimate of drug-likeness (QED) is 0.149. The van der Waals surface area contributed by atoms with Gasteiger partial charge < -0.3 is 0 Å². The van der Waals surface area contributed by atoms with Crippen LogP contribution < -0.4 is 31.8 Å². The SMILES string of the molecule is [Br][Pt][Br].c1ccc([PH+](c2ccccc2)c2ccccc2)cc1.c1ccc([PH+](c2ccccc2)c2ccccc2)cc1. The summed E-state index contributed by atoms with van der Waals surface area (Å²) in [4.78, 5) is 0. The van der Waals surface area contributed by atoms with Crippen molar-refractivity contribution in [3.05, 3.63) is 182 Å².